The molecule has 0 radical (unpaired) electrons. The molecule has 166 valence electrons. The molecule has 0 aliphatic carbocycles. The first-order valence-corrected chi connectivity index (χ1v) is 12.3. The number of rotatable bonds is 8. The van der Waals surface area contributed by atoms with Crippen molar-refractivity contribution < 1.29 is 4.74 Å². The zero-order valence-corrected chi connectivity index (χ0v) is 19.5. The summed E-state index contributed by atoms with van der Waals surface area (Å²) < 4.78 is 8.32. The van der Waals surface area contributed by atoms with Gasteiger partial charge >= 0.3 is 0 Å². The van der Waals surface area contributed by atoms with Gasteiger partial charge in [-0.15, -0.1) is 21.5 Å². The highest BCUT2D eigenvalue weighted by atomic mass is 32.2. The Hall–Kier alpha value is -3.43. The number of benzene rings is 2. The van der Waals surface area contributed by atoms with E-state index in [-0.39, 0.29) is 5.56 Å². The van der Waals surface area contributed by atoms with E-state index in [1.54, 1.807) is 7.11 Å². The van der Waals surface area contributed by atoms with Crippen LogP contribution in [-0.4, -0.2) is 31.8 Å². The van der Waals surface area contributed by atoms with E-state index in [4.69, 9.17) is 4.74 Å². The zero-order valence-electron chi connectivity index (χ0n) is 17.9. The average molecular weight is 476 g/mol. The first kappa shape index (κ1) is 21.4. The van der Waals surface area contributed by atoms with Gasteiger partial charge < -0.3 is 14.3 Å². The van der Waals surface area contributed by atoms with Crippen molar-refractivity contribution in [2.45, 2.75) is 23.9 Å². The first-order valence-electron chi connectivity index (χ1n) is 10.4. The van der Waals surface area contributed by atoms with Crippen molar-refractivity contribution >= 4 is 33.3 Å². The fourth-order valence-electron chi connectivity index (χ4n) is 3.63. The number of thioether (sulfide) groups is 1. The predicted molar refractivity (Wildman–Crippen MR) is 132 cm³/mol. The van der Waals surface area contributed by atoms with Crippen LogP contribution in [0.1, 0.15) is 11.4 Å². The van der Waals surface area contributed by atoms with E-state index < -0.39 is 0 Å². The fourth-order valence-corrected chi connectivity index (χ4v) is 5.19. The lowest BCUT2D eigenvalue weighted by Crippen LogP contribution is -2.10. The number of para-hydroxylation sites is 1. The third kappa shape index (κ3) is 4.55. The molecule has 0 amide bonds. The van der Waals surface area contributed by atoms with Crippen molar-refractivity contribution in [1.29, 1.82) is 0 Å². The average Bonchev–Trinajstić information content (AvgIpc) is 3.49. The van der Waals surface area contributed by atoms with E-state index >= 15 is 0 Å². The minimum atomic E-state index is -0.106. The second-order valence-electron chi connectivity index (χ2n) is 7.33. The summed E-state index contributed by atoms with van der Waals surface area (Å²) in [6.45, 7) is 0.709. The van der Waals surface area contributed by atoms with Gasteiger partial charge in [0, 0.05) is 6.54 Å². The van der Waals surface area contributed by atoms with E-state index in [1.807, 2.05) is 53.9 Å². The Bertz CT molecular complexity index is 1440. The van der Waals surface area contributed by atoms with Crippen LogP contribution in [0.5, 0.6) is 5.75 Å². The van der Waals surface area contributed by atoms with Crippen LogP contribution in [0.3, 0.4) is 0 Å². The van der Waals surface area contributed by atoms with E-state index in [0.717, 1.165) is 34.2 Å². The Morgan fingerprint density at radius 3 is 2.73 bits per heavy atom. The first-order chi connectivity index (χ1) is 16.2. The van der Waals surface area contributed by atoms with Crippen LogP contribution < -0.4 is 10.3 Å². The fraction of sp³-hybridized carbons (Fsp3) is 0.167. The van der Waals surface area contributed by atoms with Crippen molar-refractivity contribution in [2.24, 2.45) is 0 Å². The van der Waals surface area contributed by atoms with Crippen LogP contribution in [0, 0.1) is 0 Å². The van der Waals surface area contributed by atoms with E-state index in [9.17, 15) is 4.79 Å². The molecule has 5 rings (SSSR count). The Kier molecular flexibility index (Phi) is 6.23. The molecule has 0 unspecified atom stereocenters. The van der Waals surface area contributed by atoms with Crippen molar-refractivity contribution in [2.75, 3.05) is 7.11 Å². The smallest absolute Gasteiger partial charge is 0.268 e. The zero-order chi connectivity index (χ0) is 22.6. The standard InChI is InChI=1S/C24H21N5O2S2/c1-31-19-10-6-5-9-17(19)22-27-28-24(29(22)13-11-16-7-3-2-4-8-16)33-15-20-25-18-12-14-32-21(18)23(30)26-20/h2-10,12,14H,11,13,15H2,1H3,(H,25,26,30). The number of aromatic amines is 1. The summed E-state index contributed by atoms with van der Waals surface area (Å²) in [5, 5.41) is 11.6. The Labute approximate surface area is 198 Å². The van der Waals surface area contributed by atoms with Gasteiger partial charge in [-0.3, -0.25) is 4.79 Å². The van der Waals surface area contributed by atoms with Gasteiger partial charge in [0.15, 0.2) is 11.0 Å². The number of hydrogen-bond donors (Lipinski definition) is 1. The molecule has 5 aromatic rings. The molecule has 3 aromatic heterocycles. The summed E-state index contributed by atoms with van der Waals surface area (Å²) in [6, 6.07) is 20.0. The summed E-state index contributed by atoms with van der Waals surface area (Å²) in [6.07, 6.45) is 0.838. The van der Waals surface area contributed by atoms with Crippen LogP contribution >= 0.6 is 23.1 Å². The van der Waals surface area contributed by atoms with E-state index in [0.29, 0.717) is 22.8 Å². The molecular weight excluding hydrogens is 454 g/mol. The lowest BCUT2D eigenvalue weighted by Gasteiger charge is -2.12. The van der Waals surface area contributed by atoms with Crippen LogP contribution in [-0.2, 0) is 18.7 Å². The molecule has 7 nitrogen and oxygen atoms in total. The Morgan fingerprint density at radius 2 is 1.88 bits per heavy atom. The molecule has 2 aromatic carbocycles. The number of ether oxygens (including phenoxy) is 1. The predicted octanol–water partition coefficient (Wildman–Crippen LogP) is 4.79. The lowest BCUT2D eigenvalue weighted by molar-refractivity contribution is 0.415. The van der Waals surface area contributed by atoms with Gasteiger partial charge in [0.05, 0.1) is 23.9 Å². The largest absolute Gasteiger partial charge is 0.496 e. The van der Waals surface area contributed by atoms with Gasteiger partial charge in [0.1, 0.15) is 16.3 Å². The van der Waals surface area contributed by atoms with Crippen molar-refractivity contribution in [3.8, 4) is 17.1 Å². The third-order valence-electron chi connectivity index (χ3n) is 5.23. The highest BCUT2D eigenvalue weighted by Gasteiger charge is 2.18. The third-order valence-corrected chi connectivity index (χ3v) is 7.11. The molecule has 0 spiro atoms. The molecule has 0 bridgehead atoms. The molecule has 0 atom stereocenters. The SMILES string of the molecule is COc1ccccc1-c1nnc(SCc2nc3ccsc3c(=O)[nH]2)n1CCc1ccccc1. The molecule has 0 saturated heterocycles. The van der Waals surface area contributed by atoms with E-state index in [1.165, 1.54) is 28.7 Å². The number of aryl methyl sites for hydroxylation is 1. The number of fused-ring (bicyclic) bond motifs is 1. The quantitative estimate of drug-likeness (QED) is 0.325. The minimum Gasteiger partial charge on any atom is -0.496 e. The number of hydrogen-bond acceptors (Lipinski definition) is 7. The molecule has 9 heteroatoms. The number of H-pyrrole nitrogens is 1. The van der Waals surface area contributed by atoms with Gasteiger partial charge in [0.2, 0.25) is 0 Å². The summed E-state index contributed by atoms with van der Waals surface area (Å²) in [4.78, 5) is 19.8. The normalized spacial score (nSPS) is 11.2. The molecular formula is C24H21N5O2S2. The van der Waals surface area contributed by atoms with Crippen molar-refractivity contribution in [3.63, 3.8) is 0 Å². The molecule has 0 aliphatic heterocycles. The van der Waals surface area contributed by atoms with Crippen LogP contribution in [0.25, 0.3) is 21.6 Å². The molecule has 0 fully saturated rings. The van der Waals surface area contributed by atoms with Gasteiger partial charge in [-0.25, -0.2) is 4.98 Å². The summed E-state index contributed by atoms with van der Waals surface area (Å²) in [5.41, 5.74) is 2.74. The van der Waals surface area contributed by atoms with Gasteiger partial charge in [-0.05, 0) is 35.6 Å². The molecule has 0 aliphatic rings. The number of methoxy groups -OCH3 is 1. The number of nitrogens with zero attached hydrogens (tertiary/aromatic N) is 4. The summed E-state index contributed by atoms with van der Waals surface area (Å²) in [7, 11) is 1.65. The number of nitrogens with one attached hydrogen (secondary N) is 1. The molecule has 0 saturated carbocycles. The van der Waals surface area contributed by atoms with Gasteiger partial charge in [0.25, 0.3) is 5.56 Å². The molecule has 33 heavy (non-hydrogen) atoms. The highest BCUT2D eigenvalue weighted by Crippen LogP contribution is 2.32. The Morgan fingerprint density at radius 1 is 1.06 bits per heavy atom. The summed E-state index contributed by atoms with van der Waals surface area (Å²) in [5.74, 6) is 2.60. The lowest BCUT2D eigenvalue weighted by atomic mass is 10.1. The minimum absolute atomic E-state index is 0.106. The maximum absolute atomic E-state index is 12.3. The topological polar surface area (TPSA) is 85.7 Å². The number of aromatic nitrogens is 5. The molecule has 3 heterocycles. The maximum Gasteiger partial charge on any atom is 0.268 e. The molecule has 1 N–H and O–H groups in total. The second kappa shape index (κ2) is 9.60. The van der Waals surface area contributed by atoms with Crippen LogP contribution in [0.15, 0.2) is 76.0 Å². The maximum atomic E-state index is 12.3. The Balaban J connectivity index is 1.46. The number of thiophene rings is 1. The highest BCUT2D eigenvalue weighted by molar-refractivity contribution is 7.98. The second-order valence-corrected chi connectivity index (χ2v) is 9.19. The summed E-state index contributed by atoms with van der Waals surface area (Å²) >= 11 is 2.90. The van der Waals surface area contributed by atoms with E-state index in [2.05, 4.69) is 36.9 Å². The van der Waals surface area contributed by atoms with Gasteiger partial charge in [-0.2, -0.15) is 0 Å². The van der Waals surface area contributed by atoms with Gasteiger partial charge in [-0.1, -0.05) is 54.2 Å². The van der Waals surface area contributed by atoms with Crippen LogP contribution in [0.2, 0.25) is 0 Å². The van der Waals surface area contributed by atoms with Crippen LogP contribution in [0.4, 0.5) is 0 Å². The monoisotopic (exact) mass is 475 g/mol. The van der Waals surface area contributed by atoms with Crippen molar-refractivity contribution in [1.82, 2.24) is 24.7 Å². The van der Waals surface area contributed by atoms with Crippen molar-refractivity contribution in [3.05, 3.63) is 87.8 Å².